The molecule has 2 aromatic rings. The third-order valence-corrected chi connectivity index (χ3v) is 7.69. The van der Waals surface area contributed by atoms with Gasteiger partial charge in [0.2, 0.25) is 17.8 Å². The van der Waals surface area contributed by atoms with E-state index in [-0.39, 0.29) is 12.0 Å². The van der Waals surface area contributed by atoms with Crippen molar-refractivity contribution in [3.63, 3.8) is 0 Å². The Morgan fingerprint density at radius 3 is 2.56 bits per heavy atom. The highest BCUT2D eigenvalue weighted by molar-refractivity contribution is 14.1. The molecule has 1 aromatic heterocycles. The number of nitrogens with one attached hydrogen (secondary N) is 2. The molecule has 2 atom stereocenters. The molecule has 0 radical (unpaired) electrons. The zero-order chi connectivity index (χ0) is 23.9. The van der Waals surface area contributed by atoms with Gasteiger partial charge in [-0.25, -0.2) is 0 Å². The lowest BCUT2D eigenvalue weighted by Gasteiger charge is -2.35. The molecule has 4 rings (SSSR count). The molecule has 1 saturated carbocycles. The van der Waals surface area contributed by atoms with Crippen LogP contribution in [0.5, 0.6) is 5.75 Å². The summed E-state index contributed by atoms with van der Waals surface area (Å²) in [7, 11) is 0. The Morgan fingerprint density at radius 2 is 1.91 bits per heavy atom. The maximum absolute atomic E-state index is 6.23. The summed E-state index contributed by atoms with van der Waals surface area (Å²) in [4.78, 5) is 16.2. The molecular weight excluding hydrogens is 541 g/mol. The minimum absolute atomic E-state index is 0.198. The summed E-state index contributed by atoms with van der Waals surface area (Å²) in [5.74, 6) is 2.32. The predicted molar refractivity (Wildman–Crippen MR) is 147 cm³/mol. The zero-order valence-electron chi connectivity index (χ0n) is 20.4. The minimum Gasteiger partial charge on any atom is -0.493 e. The van der Waals surface area contributed by atoms with Crippen LogP contribution in [0.25, 0.3) is 0 Å². The van der Waals surface area contributed by atoms with Gasteiger partial charge in [0.15, 0.2) is 0 Å². The summed E-state index contributed by atoms with van der Waals surface area (Å²) in [5, 5.41) is 7.26. The van der Waals surface area contributed by atoms with E-state index >= 15 is 0 Å². The third-order valence-electron chi connectivity index (χ3n) is 6.85. The van der Waals surface area contributed by atoms with Crippen molar-refractivity contribution in [2.75, 3.05) is 29.1 Å². The first kappa shape index (κ1) is 25.2. The second-order valence-corrected chi connectivity index (χ2v) is 10.4. The first-order valence-electron chi connectivity index (χ1n) is 12.8. The fourth-order valence-corrected chi connectivity index (χ4v) is 5.87. The van der Waals surface area contributed by atoms with Crippen molar-refractivity contribution < 1.29 is 4.74 Å². The summed E-state index contributed by atoms with van der Waals surface area (Å²) >= 11 is 2.34. The van der Waals surface area contributed by atoms with Crippen LogP contribution in [-0.2, 0) is 0 Å². The molecule has 0 bridgehead atoms. The maximum atomic E-state index is 6.23. The van der Waals surface area contributed by atoms with E-state index in [1.54, 1.807) is 0 Å². The van der Waals surface area contributed by atoms with Crippen LogP contribution in [0.4, 0.5) is 23.5 Å². The van der Waals surface area contributed by atoms with E-state index in [0.29, 0.717) is 30.6 Å². The number of nitrogens with two attached hydrogens (primary N) is 1. The molecule has 34 heavy (non-hydrogen) atoms. The molecule has 2 heterocycles. The second kappa shape index (κ2) is 12.2. The van der Waals surface area contributed by atoms with Crippen LogP contribution in [0, 0.1) is 3.57 Å². The fourth-order valence-electron chi connectivity index (χ4n) is 5.21. The molecule has 8 nitrogen and oxygen atoms in total. The van der Waals surface area contributed by atoms with Crippen molar-refractivity contribution in [3.8, 4) is 5.75 Å². The van der Waals surface area contributed by atoms with Gasteiger partial charge in [0.1, 0.15) is 5.75 Å². The number of anilines is 4. The lowest BCUT2D eigenvalue weighted by atomic mass is 10.0. The summed E-state index contributed by atoms with van der Waals surface area (Å²) < 4.78 is 6.85. The van der Waals surface area contributed by atoms with E-state index in [2.05, 4.69) is 67.1 Å². The summed E-state index contributed by atoms with van der Waals surface area (Å²) in [5.41, 5.74) is 7.28. The third kappa shape index (κ3) is 6.21. The highest BCUT2D eigenvalue weighted by Gasteiger charge is 2.32. The molecule has 1 aliphatic carbocycles. The molecule has 4 N–H and O–H groups in total. The van der Waals surface area contributed by atoms with Gasteiger partial charge in [0.25, 0.3) is 0 Å². The van der Waals surface area contributed by atoms with Crippen molar-refractivity contribution in [2.24, 2.45) is 0 Å². The fraction of sp³-hybridized carbons (Fsp3) is 0.640. The SMILES string of the molecule is CCOc1ccc(N(c2nc(N)nc(NC3CCCCCC3)n2)C(CC)C2CCCN2)cc1I. The molecule has 1 aliphatic heterocycles. The van der Waals surface area contributed by atoms with E-state index in [0.717, 1.165) is 47.2 Å². The van der Waals surface area contributed by atoms with E-state index < -0.39 is 0 Å². The van der Waals surface area contributed by atoms with Crippen molar-refractivity contribution in [2.45, 2.75) is 89.8 Å². The van der Waals surface area contributed by atoms with Gasteiger partial charge in [-0.3, -0.25) is 0 Å². The summed E-state index contributed by atoms with van der Waals surface area (Å²) in [6.45, 7) is 5.92. The smallest absolute Gasteiger partial charge is 0.236 e. The van der Waals surface area contributed by atoms with Crippen LogP contribution in [0.15, 0.2) is 18.2 Å². The maximum Gasteiger partial charge on any atom is 0.236 e. The van der Waals surface area contributed by atoms with Gasteiger partial charge in [0.05, 0.1) is 16.2 Å². The molecule has 2 unspecified atom stereocenters. The minimum atomic E-state index is 0.198. The van der Waals surface area contributed by atoms with Crippen molar-refractivity contribution >= 4 is 46.1 Å². The van der Waals surface area contributed by atoms with Crippen LogP contribution >= 0.6 is 22.6 Å². The van der Waals surface area contributed by atoms with Gasteiger partial charge in [-0.15, -0.1) is 0 Å². The Hall–Kier alpha value is -1.88. The second-order valence-electron chi connectivity index (χ2n) is 9.25. The lowest BCUT2D eigenvalue weighted by molar-refractivity contribution is 0.338. The number of benzene rings is 1. The van der Waals surface area contributed by atoms with Gasteiger partial charge in [0, 0.05) is 17.8 Å². The number of hydrogen-bond acceptors (Lipinski definition) is 8. The van der Waals surface area contributed by atoms with Crippen LogP contribution in [0.3, 0.4) is 0 Å². The van der Waals surface area contributed by atoms with Crippen LogP contribution in [0.1, 0.15) is 71.6 Å². The topological polar surface area (TPSA) is 101 Å². The predicted octanol–water partition coefficient (Wildman–Crippen LogP) is 5.26. The Bertz CT molecular complexity index is 929. The molecule has 9 heteroatoms. The Kier molecular flexibility index (Phi) is 9.04. The molecule has 2 fully saturated rings. The normalized spacial score (nSPS) is 20.0. The molecular formula is C25H38IN7O. The van der Waals surface area contributed by atoms with Gasteiger partial charge in [-0.05, 0) is 86.4 Å². The number of rotatable bonds is 9. The number of ether oxygens (including phenoxy) is 1. The van der Waals surface area contributed by atoms with E-state index in [4.69, 9.17) is 15.5 Å². The quantitative estimate of drug-likeness (QED) is 0.273. The highest BCUT2D eigenvalue weighted by atomic mass is 127. The first-order chi connectivity index (χ1) is 16.6. The summed E-state index contributed by atoms with van der Waals surface area (Å²) in [6, 6.07) is 7.24. The van der Waals surface area contributed by atoms with Crippen molar-refractivity contribution in [3.05, 3.63) is 21.8 Å². The monoisotopic (exact) mass is 579 g/mol. The number of nitrogens with zero attached hydrogens (tertiary/aromatic N) is 4. The van der Waals surface area contributed by atoms with E-state index in [1.807, 2.05) is 13.0 Å². The molecule has 0 amide bonds. The molecule has 0 spiro atoms. The largest absolute Gasteiger partial charge is 0.493 e. The van der Waals surface area contributed by atoms with Gasteiger partial charge >= 0.3 is 0 Å². The lowest BCUT2D eigenvalue weighted by Crippen LogP contribution is -2.46. The molecule has 186 valence electrons. The van der Waals surface area contributed by atoms with Gasteiger partial charge in [-0.2, -0.15) is 15.0 Å². The molecule has 1 saturated heterocycles. The Labute approximate surface area is 217 Å². The molecule has 1 aromatic carbocycles. The van der Waals surface area contributed by atoms with Crippen LogP contribution in [0.2, 0.25) is 0 Å². The average molecular weight is 580 g/mol. The van der Waals surface area contributed by atoms with Gasteiger partial charge in [-0.1, -0.05) is 32.6 Å². The molecule has 2 aliphatic rings. The van der Waals surface area contributed by atoms with Gasteiger partial charge < -0.3 is 26.0 Å². The van der Waals surface area contributed by atoms with E-state index in [1.165, 1.54) is 32.1 Å². The standard InChI is InChI=1S/C25H38IN7O/c1-3-21(20-12-9-15-28-20)33(18-13-14-22(34-4-2)19(26)16-18)25-31-23(27)30-24(32-25)29-17-10-7-5-6-8-11-17/h13-14,16-17,20-21,28H,3-12,15H2,1-2H3,(H3,27,29,30,31,32). The summed E-state index contributed by atoms with van der Waals surface area (Å²) in [6.07, 6.45) is 10.7. The number of halogens is 1. The van der Waals surface area contributed by atoms with Crippen molar-refractivity contribution in [1.29, 1.82) is 0 Å². The van der Waals surface area contributed by atoms with Crippen LogP contribution in [-0.4, -0.2) is 46.2 Å². The first-order valence-corrected chi connectivity index (χ1v) is 13.9. The Morgan fingerprint density at radius 1 is 1.12 bits per heavy atom. The highest BCUT2D eigenvalue weighted by Crippen LogP contribution is 2.34. The van der Waals surface area contributed by atoms with Crippen molar-refractivity contribution in [1.82, 2.24) is 20.3 Å². The van der Waals surface area contributed by atoms with E-state index in [9.17, 15) is 0 Å². The number of hydrogen-bond donors (Lipinski definition) is 3. The number of nitrogen functional groups attached to an aromatic ring is 1. The Balaban J connectivity index is 1.70. The van der Waals surface area contributed by atoms with Crippen LogP contribution < -0.4 is 26.0 Å². The average Bonchev–Trinajstić information content (AvgIpc) is 3.23. The zero-order valence-corrected chi connectivity index (χ0v) is 22.6. The number of aromatic nitrogens is 3.